The average molecular weight is 499 g/mol. The van der Waals surface area contributed by atoms with Gasteiger partial charge in [0.15, 0.2) is 0 Å². The van der Waals surface area contributed by atoms with Crippen LogP contribution in [0.15, 0.2) is 0 Å². The first-order valence-electron chi connectivity index (χ1n) is 16.1. The lowest BCUT2D eigenvalue weighted by Gasteiger charge is -2.07. The summed E-state index contributed by atoms with van der Waals surface area (Å²) in [5, 5.41) is 0. The topological polar surface area (TPSA) is 27.7 Å². The molecular weight excluding hydrogens is 432 g/mol. The molecule has 0 radical (unpaired) electrons. The van der Waals surface area contributed by atoms with Crippen LogP contribution >= 0.6 is 0 Å². The molecule has 0 aliphatic rings. The van der Waals surface area contributed by atoms with Crippen molar-refractivity contribution in [2.24, 2.45) is 0 Å². The Kier molecular flexibility index (Phi) is 33.8. The number of unbranched alkanes of at least 4 members (excludes halogenated alkanes) is 22. The van der Waals surface area contributed by atoms with Crippen LogP contribution < -0.4 is 0 Å². The minimum absolute atomic E-state index is 0.695. The van der Waals surface area contributed by atoms with Gasteiger partial charge in [0.2, 0.25) is 0 Å². The quantitative estimate of drug-likeness (QED) is 0.0863. The molecule has 0 aromatic heterocycles. The second-order valence-corrected chi connectivity index (χ2v) is 10.6. The zero-order valence-corrected chi connectivity index (χ0v) is 24.4. The van der Waals surface area contributed by atoms with Crippen LogP contribution in [0, 0.1) is 0 Å². The summed E-state index contributed by atoms with van der Waals surface area (Å²) in [7, 11) is 0. The molecule has 0 aliphatic carbocycles. The largest absolute Gasteiger partial charge is 0.379 e. The lowest BCUT2D eigenvalue weighted by atomic mass is 10.0. The summed E-state index contributed by atoms with van der Waals surface area (Å²) < 4.78 is 17.0. The van der Waals surface area contributed by atoms with Crippen LogP contribution in [0.1, 0.15) is 168 Å². The van der Waals surface area contributed by atoms with Crippen LogP contribution in [-0.4, -0.2) is 39.6 Å². The Morgan fingerprint density at radius 3 is 0.686 bits per heavy atom. The summed E-state index contributed by atoms with van der Waals surface area (Å²) >= 11 is 0. The van der Waals surface area contributed by atoms with Crippen molar-refractivity contribution in [1.82, 2.24) is 0 Å². The van der Waals surface area contributed by atoms with Gasteiger partial charge in [-0.25, -0.2) is 0 Å². The van der Waals surface area contributed by atoms with Crippen molar-refractivity contribution >= 4 is 0 Å². The zero-order chi connectivity index (χ0) is 25.3. The van der Waals surface area contributed by atoms with Gasteiger partial charge in [-0.2, -0.15) is 0 Å². The lowest BCUT2D eigenvalue weighted by molar-refractivity contribution is 0.0132. The molecule has 0 atom stereocenters. The first kappa shape index (κ1) is 34.9. The molecule has 0 N–H and O–H groups in total. The third-order valence-electron chi connectivity index (χ3n) is 7.03. The molecule has 212 valence electrons. The van der Waals surface area contributed by atoms with Gasteiger partial charge in [0.1, 0.15) is 0 Å². The molecule has 0 aromatic rings. The van der Waals surface area contributed by atoms with Crippen molar-refractivity contribution in [3.05, 3.63) is 0 Å². The number of ether oxygens (including phenoxy) is 3. The molecule has 0 saturated heterocycles. The number of rotatable bonds is 32. The molecule has 35 heavy (non-hydrogen) atoms. The van der Waals surface area contributed by atoms with Gasteiger partial charge in [-0.1, -0.05) is 155 Å². The van der Waals surface area contributed by atoms with E-state index in [1.54, 1.807) is 0 Å². The van der Waals surface area contributed by atoms with Crippen molar-refractivity contribution < 1.29 is 14.2 Å². The van der Waals surface area contributed by atoms with Crippen LogP contribution in [0.2, 0.25) is 0 Å². The highest BCUT2D eigenvalue weighted by Crippen LogP contribution is 2.13. The summed E-state index contributed by atoms with van der Waals surface area (Å²) in [4.78, 5) is 0. The molecular formula is C32H66O3. The molecule has 0 rings (SSSR count). The van der Waals surface area contributed by atoms with Gasteiger partial charge in [-0.05, 0) is 12.8 Å². The maximum atomic E-state index is 5.69. The summed E-state index contributed by atoms with van der Waals surface area (Å²) in [5.41, 5.74) is 0. The van der Waals surface area contributed by atoms with E-state index in [1.165, 1.54) is 154 Å². The SMILES string of the molecule is CCCCCCCCCCCCCCCOCCOCCOCCCCCCCCCCCCC. The van der Waals surface area contributed by atoms with E-state index in [4.69, 9.17) is 14.2 Å². The Hall–Kier alpha value is -0.120. The van der Waals surface area contributed by atoms with E-state index in [9.17, 15) is 0 Å². The van der Waals surface area contributed by atoms with E-state index in [0.717, 1.165) is 26.4 Å². The van der Waals surface area contributed by atoms with Crippen LogP contribution in [0.4, 0.5) is 0 Å². The van der Waals surface area contributed by atoms with Crippen LogP contribution in [0.5, 0.6) is 0 Å². The number of hydrogen-bond donors (Lipinski definition) is 0. The Morgan fingerprint density at radius 1 is 0.229 bits per heavy atom. The minimum Gasteiger partial charge on any atom is -0.379 e. The van der Waals surface area contributed by atoms with Crippen molar-refractivity contribution in [1.29, 1.82) is 0 Å². The van der Waals surface area contributed by atoms with Gasteiger partial charge in [-0.15, -0.1) is 0 Å². The van der Waals surface area contributed by atoms with Crippen LogP contribution in [-0.2, 0) is 14.2 Å². The second-order valence-electron chi connectivity index (χ2n) is 10.6. The van der Waals surface area contributed by atoms with Gasteiger partial charge >= 0.3 is 0 Å². The van der Waals surface area contributed by atoms with Crippen LogP contribution in [0.3, 0.4) is 0 Å². The predicted molar refractivity (Wildman–Crippen MR) is 155 cm³/mol. The average Bonchev–Trinajstić information content (AvgIpc) is 2.87. The fourth-order valence-corrected chi connectivity index (χ4v) is 4.63. The molecule has 0 aliphatic heterocycles. The maximum Gasteiger partial charge on any atom is 0.0701 e. The number of hydrogen-bond acceptors (Lipinski definition) is 3. The summed E-state index contributed by atoms with van der Waals surface area (Å²) in [5.74, 6) is 0. The predicted octanol–water partition coefficient (Wildman–Crippen LogP) is 10.4. The third kappa shape index (κ3) is 33.9. The van der Waals surface area contributed by atoms with Crippen molar-refractivity contribution in [3.63, 3.8) is 0 Å². The van der Waals surface area contributed by atoms with E-state index in [2.05, 4.69) is 13.8 Å². The third-order valence-corrected chi connectivity index (χ3v) is 7.03. The van der Waals surface area contributed by atoms with Gasteiger partial charge in [0, 0.05) is 13.2 Å². The van der Waals surface area contributed by atoms with Gasteiger partial charge < -0.3 is 14.2 Å². The van der Waals surface area contributed by atoms with E-state index in [1.807, 2.05) is 0 Å². The lowest BCUT2D eigenvalue weighted by Crippen LogP contribution is -2.10. The standard InChI is InChI=1S/C32H66O3/c1-3-5-7-9-11-13-15-16-18-20-22-24-26-28-34-30-32-35-31-29-33-27-25-23-21-19-17-14-12-10-8-6-4-2/h3-32H2,1-2H3. The van der Waals surface area contributed by atoms with Gasteiger partial charge in [-0.3, -0.25) is 0 Å². The summed E-state index contributed by atoms with van der Waals surface area (Å²) in [6, 6.07) is 0. The Labute approximate surface area is 221 Å². The van der Waals surface area contributed by atoms with E-state index < -0.39 is 0 Å². The molecule has 0 saturated carbocycles. The maximum absolute atomic E-state index is 5.69. The molecule has 0 spiro atoms. The summed E-state index contributed by atoms with van der Waals surface area (Å²) in [6.07, 6.45) is 33.3. The van der Waals surface area contributed by atoms with E-state index in [0.29, 0.717) is 13.2 Å². The molecule has 3 heteroatoms. The normalized spacial score (nSPS) is 11.5. The first-order valence-corrected chi connectivity index (χ1v) is 16.1. The zero-order valence-electron chi connectivity index (χ0n) is 24.4. The van der Waals surface area contributed by atoms with E-state index in [-0.39, 0.29) is 0 Å². The Morgan fingerprint density at radius 2 is 0.429 bits per heavy atom. The summed E-state index contributed by atoms with van der Waals surface area (Å²) in [6.45, 7) is 9.17. The fraction of sp³-hybridized carbons (Fsp3) is 1.00. The van der Waals surface area contributed by atoms with Crippen molar-refractivity contribution in [2.75, 3.05) is 39.6 Å². The molecule has 3 nitrogen and oxygen atoms in total. The molecule has 0 bridgehead atoms. The van der Waals surface area contributed by atoms with Crippen molar-refractivity contribution in [2.45, 2.75) is 168 Å². The van der Waals surface area contributed by atoms with Crippen LogP contribution in [0.25, 0.3) is 0 Å². The Bertz CT molecular complexity index is 316. The Balaban J connectivity index is 3.00. The molecule has 0 heterocycles. The van der Waals surface area contributed by atoms with Crippen molar-refractivity contribution in [3.8, 4) is 0 Å². The molecule has 0 fully saturated rings. The molecule has 0 aromatic carbocycles. The highest BCUT2D eigenvalue weighted by Gasteiger charge is 1.96. The molecule has 0 unspecified atom stereocenters. The monoisotopic (exact) mass is 499 g/mol. The minimum atomic E-state index is 0.695. The first-order chi connectivity index (χ1) is 17.4. The van der Waals surface area contributed by atoms with Gasteiger partial charge in [0.25, 0.3) is 0 Å². The smallest absolute Gasteiger partial charge is 0.0701 e. The van der Waals surface area contributed by atoms with Gasteiger partial charge in [0.05, 0.1) is 26.4 Å². The highest BCUT2D eigenvalue weighted by atomic mass is 16.5. The van der Waals surface area contributed by atoms with E-state index >= 15 is 0 Å². The molecule has 0 amide bonds. The highest BCUT2D eigenvalue weighted by molar-refractivity contribution is 4.50. The second kappa shape index (κ2) is 33.9. The fourth-order valence-electron chi connectivity index (χ4n) is 4.63.